The van der Waals surface area contributed by atoms with Crippen LogP contribution in [0.3, 0.4) is 0 Å². The number of nitrogens with zero attached hydrogens (tertiary/aromatic N) is 1. The van der Waals surface area contributed by atoms with Gasteiger partial charge in [-0.25, -0.2) is 4.79 Å². The first-order valence-electron chi connectivity index (χ1n) is 12.4. The van der Waals surface area contributed by atoms with E-state index in [1.54, 1.807) is 54.6 Å². The second kappa shape index (κ2) is 8.10. The van der Waals surface area contributed by atoms with Gasteiger partial charge in [-0.1, -0.05) is 48.5 Å². The van der Waals surface area contributed by atoms with Crippen LogP contribution in [0, 0.1) is 6.92 Å². The lowest BCUT2D eigenvalue weighted by Crippen LogP contribution is -2.53. The van der Waals surface area contributed by atoms with Crippen molar-refractivity contribution in [3.63, 3.8) is 0 Å². The quantitative estimate of drug-likeness (QED) is 0.283. The lowest BCUT2D eigenvalue weighted by molar-refractivity contribution is -0.138. The molecule has 8 heteroatoms. The average Bonchev–Trinajstić information content (AvgIpc) is 3.60. The van der Waals surface area contributed by atoms with Crippen LogP contribution in [0.1, 0.15) is 27.8 Å². The number of amides is 1. The summed E-state index contributed by atoms with van der Waals surface area (Å²) in [5.74, 6) is 1.15. The van der Waals surface area contributed by atoms with Crippen molar-refractivity contribution in [3.05, 3.63) is 120 Å². The normalized spacial score (nSPS) is 22.6. The molecular weight excluding hydrogens is 507 g/mol. The fraction of sp³-hybridized carbons (Fsp3) is 0.161. The molecule has 39 heavy (non-hydrogen) atoms. The van der Waals surface area contributed by atoms with Crippen LogP contribution in [0.25, 0.3) is 0 Å². The molecule has 3 heterocycles. The van der Waals surface area contributed by atoms with Crippen molar-refractivity contribution in [2.75, 3.05) is 13.4 Å². The Morgan fingerprint density at radius 2 is 1.56 bits per heavy atom. The standard InChI is InChI=1S/C31H21F3NO4/c1-19-7-2-3-8-20(19)16-35(22-10-6-9-21(13-22)31(32,33)34)25-12-5-4-11-23(25)30(29(35)36)17-37-26-15-28-27(14-24(26)30)38-18-39-28/h1-15H,16-18H2/q+1. The maximum Gasteiger partial charge on any atom is 0.416 e. The molecule has 2 unspecified atom stereocenters. The van der Waals surface area contributed by atoms with Gasteiger partial charge in [-0.05, 0) is 24.6 Å². The van der Waals surface area contributed by atoms with Gasteiger partial charge in [0.15, 0.2) is 22.6 Å². The molecule has 7 rings (SSSR count). The zero-order valence-electron chi connectivity index (χ0n) is 20.5. The Bertz CT molecular complexity index is 1670. The minimum absolute atomic E-state index is 0.00962. The minimum Gasteiger partial charge on any atom is -0.491 e. The Kier molecular flexibility index (Phi) is 4.94. The summed E-state index contributed by atoms with van der Waals surface area (Å²) < 4.78 is 58.5. The van der Waals surface area contributed by atoms with Gasteiger partial charge in [0, 0.05) is 41.0 Å². The van der Waals surface area contributed by atoms with Crippen LogP contribution in [0.5, 0.6) is 17.2 Å². The summed E-state index contributed by atoms with van der Waals surface area (Å²) in [6.45, 7) is 6.39. The highest BCUT2D eigenvalue weighted by Crippen LogP contribution is 2.60. The minimum atomic E-state index is -4.59. The van der Waals surface area contributed by atoms with E-state index >= 15 is 4.79 Å². The summed E-state index contributed by atoms with van der Waals surface area (Å²) >= 11 is 0. The Labute approximate surface area is 222 Å². The van der Waals surface area contributed by atoms with Crippen LogP contribution in [-0.2, 0) is 22.9 Å². The number of carbonyl (C=O) groups excluding carboxylic acids is 1. The van der Waals surface area contributed by atoms with Crippen molar-refractivity contribution < 1.29 is 32.2 Å². The predicted octanol–water partition coefficient (Wildman–Crippen LogP) is 6.55. The Balaban J connectivity index is 1.53. The molecule has 0 saturated heterocycles. The summed E-state index contributed by atoms with van der Waals surface area (Å²) in [4.78, 5) is 15.1. The van der Waals surface area contributed by atoms with E-state index in [4.69, 9.17) is 21.1 Å². The number of alkyl halides is 3. The van der Waals surface area contributed by atoms with E-state index < -0.39 is 21.6 Å². The van der Waals surface area contributed by atoms with Crippen LogP contribution < -0.4 is 18.7 Å². The zero-order chi connectivity index (χ0) is 27.0. The van der Waals surface area contributed by atoms with Gasteiger partial charge in [0.05, 0.1) is 5.56 Å². The molecule has 0 N–H and O–H groups in total. The number of para-hydroxylation sites is 1. The van der Waals surface area contributed by atoms with Crippen LogP contribution in [0.4, 0.5) is 24.5 Å². The van der Waals surface area contributed by atoms with Crippen molar-refractivity contribution in [1.29, 1.82) is 0 Å². The molecule has 2 radical (unpaired) electrons. The van der Waals surface area contributed by atoms with E-state index in [1.165, 1.54) is 6.07 Å². The molecule has 0 aliphatic carbocycles. The topological polar surface area (TPSA) is 44.8 Å². The molecular formula is C31H21F3NO4+. The Hall–Kier alpha value is -4.30. The van der Waals surface area contributed by atoms with Crippen molar-refractivity contribution >= 4 is 17.3 Å². The first-order chi connectivity index (χ1) is 18.7. The molecule has 4 aromatic carbocycles. The number of halogens is 3. The van der Waals surface area contributed by atoms with Crippen LogP contribution >= 0.6 is 0 Å². The summed E-state index contributed by atoms with van der Waals surface area (Å²) in [7, 11) is 0. The highest BCUT2D eigenvalue weighted by atomic mass is 19.4. The highest BCUT2D eigenvalue weighted by Gasteiger charge is 2.67. The molecule has 0 bridgehead atoms. The third-order valence-electron chi connectivity index (χ3n) is 7.94. The molecule has 3 aliphatic heterocycles. The summed E-state index contributed by atoms with van der Waals surface area (Å²) in [5.41, 5.74) is 0.980. The molecule has 0 fully saturated rings. The maximum atomic E-state index is 15.1. The molecule has 0 saturated carbocycles. The van der Waals surface area contributed by atoms with Gasteiger partial charge in [0.2, 0.25) is 6.79 Å². The van der Waals surface area contributed by atoms with Crippen molar-refractivity contribution in [3.8, 4) is 17.2 Å². The van der Waals surface area contributed by atoms with E-state index in [9.17, 15) is 13.2 Å². The number of benzene rings is 4. The fourth-order valence-corrected chi connectivity index (χ4v) is 6.12. The SMILES string of the molecule is [CH]c1ccccc1C[N+]1(c2cccc(C(F)(F)F)c2)C(=O)C2(COc3cc4c(cc32)OCO4)c2ccccc21. The lowest BCUT2D eigenvalue weighted by atomic mass is 9.77. The van der Waals surface area contributed by atoms with Gasteiger partial charge in [0.1, 0.15) is 24.6 Å². The predicted molar refractivity (Wildman–Crippen MR) is 137 cm³/mol. The van der Waals surface area contributed by atoms with Gasteiger partial charge in [-0.15, -0.1) is 0 Å². The van der Waals surface area contributed by atoms with Gasteiger partial charge < -0.3 is 14.2 Å². The Morgan fingerprint density at radius 1 is 0.821 bits per heavy atom. The molecule has 1 amide bonds. The molecule has 1 spiro atoms. The Morgan fingerprint density at radius 3 is 2.36 bits per heavy atom. The second-order valence-electron chi connectivity index (χ2n) is 9.93. The van der Waals surface area contributed by atoms with E-state index in [0.717, 1.165) is 12.1 Å². The number of quaternary nitrogens is 1. The molecule has 4 aromatic rings. The van der Waals surface area contributed by atoms with Gasteiger partial charge in [-0.3, -0.25) is 0 Å². The maximum absolute atomic E-state index is 15.1. The van der Waals surface area contributed by atoms with E-state index in [-0.39, 0.29) is 31.5 Å². The molecule has 3 aliphatic rings. The smallest absolute Gasteiger partial charge is 0.416 e. The van der Waals surface area contributed by atoms with Gasteiger partial charge in [0.25, 0.3) is 0 Å². The summed E-state index contributed by atoms with van der Waals surface area (Å²) in [6, 6.07) is 22.8. The van der Waals surface area contributed by atoms with Crippen molar-refractivity contribution in [2.24, 2.45) is 0 Å². The van der Waals surface area contributed by atoms with Crippen LogP contribution in [0.2, 0.25) is 0 Å². The first-order valence-corrected chi connectivity index (χ1v) is 12.4. The number of hydrogen-bond donors (Lipinski definition) is 0. The van der Waals surface area contributed by atoms with E-state index in [0.29, 0.717) is 45.2 Å². The zero-order valence-corrected chi connectivity index (χ0v) is 20.5. The average molecular weight is 529 g/mol. The van der Waals surface area contributed by atoms with E-state index in [1.807, 2.05) is 12.1 Å². The van der Waals surface area contributed by atoms with Crippen LogP contribution in [0.15, 0.2) is 84.9 Å². The number of hydrogen-bond acceptors (Lipinski definition) is 4. The van der Waals surface area contributed by atoms with Crippen LogP contribution in [-0.4, -0.2) is 19.3 Å². The van der Waals surface area contributed by atoms with E-state index in [2.05, 4.69) is 0 Å². The number of ether oxygens (including phenoxy) is 3. The second-order valence-corrected chi connectivity index (χ2v) is 9.93. The number of rotatable bonds is 3. The van der Waals surface area contributed by atoms with Gasteiger partial charge in [-0.2, -0.15) is 17.7 Å². The third-order valence-corrected chi connectivity index (χ3v) is 7.94. The fourth-order valence-electron chi connectivity index (χ4n) is 6.12. The monoisotopic (exact) mass is 528 g/mol. The molecule has 0 aromatic heterocycles. The van der Waals surface area contributed by atoms with Crippen molar-refractivity contribution in [2.45, 2.75) is 18.1 Å². The largest absolute Gasteiger partial charge is 0.491 e. The molecule has 2 atom stereocenters. The first kappa shape index (κ1) is 23.8. The van der Waals surface area contributed by atoms with Gasteiger partial charge >= 0.3 is 12.1 Å². The lowest BCUT2D eigenvalue weighted by Gasteiger charge is -2.34. The molecule has 194 valence electrons. The summed E-state index contributed by atoms with van der Waals surface area (Å²) in [6.07, 6.45) is -4.59. The summed E-state index contributed by atoms with van der Waals surface area (Å²) in [5, 5.41) is 0. The third kappa shape index (κ3) is 3.21. The highest BCUT2D eigenvalue weighted by molar-refractivity contribution is 6.11. The van der Waals surface area contributed by atoms with Crippen molar-refractivity contribution in [1.82, 2.24) is 4.48 Å². The molecule has 5 nitrogen and oxygen atoms in total. The number of fused-ring (bicyclic) bond motifs is 5. The number of carbonyl (C=O) groups is 1.